The molecule has 1 rings (SSSR count). The van der Waals surface area contributed by atoms with Crippen LogP contribution in [-0.2, 0) is 14.8 Å². The first-order valence-electron chi connectivity index (χ1n) is 5.20. The first-order valence-corrected chi connectivity index (χ1v) is 7.52. The molecule has 0 aromatic rings. The molecule has 1 aliphatic heterocycles. The maximum Gasteiger partial charge on any atom is 0.240 e. The van der Waals surface area contributed by atoms with E-state index >= 15 is 0 Å². The maximum absolute atomic E-state index is 11.6. The first-order chi connectivity index (χ1) is 7.29. The Morgan fingerprint density at radius 1 is 1.56 bits per heavy atom. The van der Waals surface area contributed by atoms with Crippen molar-refractivity contribution >= 4 is 27.5 Å². The van der Waals surface area contributed by atoms with E-state index in [-0.39, 0.29) is 11.9 Å². The lowest BCUT2D eigenvalue weighted by molar-refractivity contribution is -0.131. The molecule has 0 aliphatic carbocycles. The number of hydrogen-bond acceptors (Lipinski definition) is 3. The van der Waals surface area contributed by atoms with Gasteiger partial charge in [0.25, 0.3) is 0 Å². The lowest BCUT2D eigenvalue weighted by atomic mass is 10.1. The topological polar surface area (TPSA) is 66.5 Å². The zero-order valence-electron chi connectivity index (χ0n) is 9.44. The van der Waals surface area contributed by atoms with Gasteiger partial charge in [-0.1, -0.05) is 0 Å². The molecule has 94 valence electrons. The highest BCUT2D eigenvalue weighted by Gasteiger charge is 2.27. The number of alkyl halides is 1. The van der Waals surface area contributed by atoms with Gasteiger partial charge in [0.15, 0.2) is 0 Å². The van der Waals surface area contributed by atoms with Crippen LogP contribution >= 0.6 is 11.6 Å². The van der Waals surface area contributed by atoms with Gasteiger partial charge in [-0.2, -0.15) is 0 Å². The van der Waals surface area contributed by atoms with Crippen LogP contribution in [-0.4, -0.2) is 50.0 Å². The number of rotatable bonds is 3. The quantitative estimate of drug-likeness (QED) is 0.741. The Bertz CT molecular complexity index is 356. The molecule has 0 aromatic carbocycles. The number of hydrogen-bond donors (Lipinski definition) is 1. The van der Waals surface area contributed by atoms with Crippen molar-refractivity contribution in [1.82, 2.24) is 9.62 Å². The molecule has 1 aliphatic rings. The monoisotopic (exact) mass is 268 g/mol. The Morgan fingerprint density at radius 3 is 2.69 bits per heavy atom. The number of likely N-dealkylation sites (tertiary alicyclic amines) is 1. The minimum atomic E-state index is -3.21. The number of nitrogens with one attached hydrogen (secondary N) is 1. The van der Waals surface area contributed by atoms with Crippen molar-refractivity contribution in [2.75, 3.05) is 19.3 Å². The van der Waals surface area contributed by atoms with Crippen molar-refractivity contribution in [3.63, 3.8) is 0 Å². The lowest BCUT2D eigenvalue weighted by Gasteiger charge is -2.33. The molecule has 1 heterocycles. The van der Waals surface area contributed by atoms with E-state index in [1.165, 1.54) is 0 Å². The molecule has 0 saturated carbocycles. The van der Waals surface area contributed by atoms with Crippen LogP contribution in [0.3, 0.4) is 0 Å². The summed E-state index contributed by atoms with van der Waals surface area (Å²) in [5.41, 5.74) is 0. The van der Waals surface area contributed by atoms with Gasteiger partial charge in [-0.25, -0.2) is 13.1 Å². The number of carbonyl (C=O) groups is 1. The molecule has 7 heteroatoms. The smallest absolute Gasteiger partial charge is 0.240 e. The molecule has 2 atom stereocenters. The third kappa shape index (κ3) is 4.27. The molecule has 0 spiro atoms. The Labute approximate surface area is 101 Å². The number of sulfonamides is 1. The van der Waals surface area contributed by atoms with Crippen LogP contribution in [0.25, 0.3) is 0 Å². The fraction of sp³-hybridized carbons (Fsp3) is 0.889. The van der Waals surface area contributed by atoms with Crippen LogP contribution in [0.4, 0.5) is 0 Å². The summed E-state index contributed by atoms with van der Waals surface area (Å²) in [5, 5.41) is -0.558. The van der Waals surface area contributed by atoms with E-state index in [0.29, 0.717) is 13.1 Å². The Morgan fingerprint density at radius 2 is 2.19 bits per heavy atom. The van der Waals surface area contributed by atoms with Gasteiger partial charge in [-0.15, -0.1) is 11.6 Å². The summed E-state index contributed by atoms with van der Waals surface area (Å²) in [4.78, 5) is 13.2. The Balaban J connectivity index is 2.57. The summed E-state index contributed by atoms with van der Waals surface area (Å²) in [7, 11) is -3.21. The second-order valence-electron chi connectivity index (χ2n) is 4.13. The number of carbonyl (C=O) groups excluding carboxylic acids is 1. The molecular formula is C9H17ClN2O3S. The number of nitrogens with zero attached hydrogens (tertiary/aromatic N) is 1. The summed E-state index contributed by atoms with van der Waals surface area (Å²) in [6.07, 6.45) is 2.67. The van der Waals surface area contributed by atoms with Gasteiger partial charge in [0.05, 0.1) is 6.26 Å². The molecule has 1 amide bonds. The molecule has 1 N–H and O–H groups in total. The standard InChI is InChI=1S/C9H17ClN2O3S/c1-7(10)9(13)12-5-3-4-8(6-12)11-16(2,14)15/h7-8,11H,3-6H2,1-2H3. The fourth-order valence-corrected chi connectivity index (χ4v) is 2.76. The van der Waals surface area contributed by atoms with E-state index in [9.17, 15) is 13.2 Å². The Kier molecular flexibility index (Phi) is 4.58. The highest BCUT2D eigenvalue weighted by molar-refractivity contribution is 7.88. The second kappa shape index (κ2) is 5.33. The summed E-state index contributed by atoms with van der Waals surface area (Å²) < 4.78 is 24.7. The lowest BCUT2D eigenvalue weighted by Crippen LogP contribution is -2.50. The van der Waals surface area contributed by atoms with Crippen LogP contribution in [0.1, 0.15) is 19.8 Å². The first kappa shape index (κ1) is 13.7. The highest BCUT2D eigenvalue weighted by Crippen LogP contribution is 2.13. The van der Waals surface area contributed by atoms with Gasteiger partial charge >= 0.3 is 0 Å². The zero-order chi connectivity index (χ0) is 12.3. The van der Waals surface area contributed by atoms with Gasteiger partial charge in [0.2, 0.25) is 15.9 Å². The van der Waals surface area contributed by atoms with Crippen LogP contribution < -0.4 is 4.72 Å². The average molecular weight is 269 g/mol. The van der Waals surface area contributed by atoms with Crippen molar-refractivity contribution in [3.8, 4) is 0 Å². The van der Waals surface area contributed by atoms with Crippen molar-refractivity contribution in [1.29, 1.82) is 0 Å². The van der Waals surface area contributed by atoms with Crippen LogP contribution in [0.2, 0.25) is 0 Å². The van der Waals surface area contributed by atoms with Gasteiger partial charge in [-0.3, -0.25) is 4.79 Å². The third-order valence-corrected chi connectivity index (χ3v) is 3.40. The van der Waals surface area contributed by atoms with Gasteiger partial charge < -0.3 is 4.90 Å². The molecule has 2 unspecified atom stereocenters. The summed E-state index contributed by atoms with van der Waals surface area (Å²) >= 11 is 5.71. The minimum Gasteiger partial charge on any atom is -0.340 e. The summed E-state index contributed by atoms with van der Waals surface area (Å²) in [6.45, 7) is 2.68. The van der Waals surface area contributed by atoms with E-state index in [1.54, 1.807) is 11.8 Å². The average Bonchev–Trinajstić information content (AvgIpc) is 2.14. The van der Waals surface area contributed by atoms with Crippen LogP contribution in [0.5, 0.6) is 0 Å². The van der Waals surface area contributed by atoms with Crippen LogP contribution in [0.15, 0.2) is 0 Å². The van der Waals surface area contributed by atoms with E-state index < -0.39 is 15.4 Å². The number of halogens is 1. The molecule has 0 radical (unpaired) electrons. The SMILES string of the molecule is CC(Cl)C(=O)N1CCCC(NS(C)(=O)=O)C1. The van der Waals surface area contributed by atoms with E-state index in [4.69, 9.17) is 11.6 Å². The Hall–Kier alpha value is -0.330. The maximum atomic E-state index is 11.6. The van der Waals surface area contributed by atoms with E-state index in [0.717, 1.165) is 19.1 Å². The molecule has 0 bridgehead atoms. The molecular weight excluding hydrogens is 252 g/mol. The van der Waals surface area contributed by atoms with Crippen LogP contribution in [0, 0.1) is 0 Å². The van der Waals surface area contributed by atoms with Gasteiger partial charge in [0, 0.05) is 19.1 Å². The molecule has 1 saturated heterocycles. The van der Waals surface area contributed by atoms with E-state index in [1.807, 2.05) is 0 Å². The minimum absolute atomic E-state index is 0.137. The fourth-order valence-electron chi connectivity index (χ4n) is 1.83. The summed E-state index contributed by atoms with van der Waals surface area (Å²) in [6, 6.07) is -0.192. The van der Waals surface area contributed by atoms with Crippen molar-refractivity contribution in [3.05, 3.63) is 0 Å². The van der Waals surface area contributed by atoms with E-state index in [2.05, 4.69) is 4.72 Å². The van der Waals surface area contributed by atoms with Gasteiger partial charge in [-0.05, 0) is 19.8 Å². The molecule has 0 aromatic heterocycles. The molecule has 1 fully saturated rings. The second-order valence-corrected chi connectivity index (χ2v) is 6.56. The van der Waals surface area contributed by atoms with Crippen molar-refractivity contribution in [2.45, 2.75) is 31.2 Å². The third-order valence-electron chi connectivity index (χ3n) is 2.45. The molecule has 5 nitrogen and oxygen atoms in total. The van der Waals surface area contributed by atoms with Gasteiger partial charge in [0.1, 0.15) is 5.38 Å². The number of piperidine rings is 1. The summed E-state index contributed by atoms with van der Waals surface area (Å²) in [5.74, 6) is -0.137. The highest BCUT2D eigenvalue weighted by atomic mass is 35.5. The zero-order valence-corrected chi connectivity index (χ0v) is 11.0. The normalized spacial score (nSPS) is 24.2. The predicted octanol–water partition coefficient (Wildman–Crippen LogP) is 0.154. The number of amides is 1. The van der Waals surface area contributed by atoms with Crippen molar-refractivity contribution in [2.24, 2.45) is 0 Å². The predicted molar refractivity (Wildman–Crippen MR) is 62.9 cm³/mol. The largest absolute Gasteiger partial charge is 0.340 e. The van der Waals surface area contributed by atoms with Crippen molar-refractivity contribution < 1.29 is 13.2 Å². The molecule has 16 heavy (non-hydrogen) atoms.